The zero-order valence-electron chi connectivity index (χ0n) is 15.2. The van der Waals surface area contributed by atoms with Gasteiger partial charge in [-0.3, -0.25) is 4.79 Å². The lowest BCUT2D eigenvalue weighted by Crippen LogP contribution is -2.20. The van der Waals surface area contributed by atoms with E-state index >= 15 is 0 Å². The molecule has 0 aliphatic rings. The molecule has 0 radical (unpaired) electrons. The molecule has 0 aliphatic carbocycles. The minimum atomic E-state index is -0.538. The Balaban J connectivity index is 1.62. The lowest BCUT2D eigenvalue weighted by Gasteiger charge is -2.12. The van der Waals surface area contributed by atoms with Gasteiger partial charge in [0.05, 0.1) is 16.9 Å². The number of nitrogens with one attached hydrogen (secondary N) is 1. The summed E-state index contributed by atoms with van der Waals surface area (Å²) in [4.78, 5) is 16.8. The fourth-order valence-corrected chi connectivity index (χ4v) is 2.94. The number of anilines is 1. The predicted molar refractivity (Wildman–Crippen MR) is 108 cm³/mol. The first-order valence-electron chi connectivity index (χ1n) is 8.93. The van der Waals surface area contributed by atoms with Crippen LogP contribution in [0.1, 0.15) is 0 Å². The maximum absolute atomic E-state index is 13.8. The van der Waals surface area contributed by atoms with Crippen LogP contribution in [0.15, 0.2) is 78.9 Å². The van der Waals surface area contributed by atoms with E-state index in [-0.39, 0.29) is 12.3 Å². The highest BCUT2D eigenvalue weighted by Crippen LogP contribution is 2.30. The topological polar surface area (TPSA) is 51.2 Å². The molecule has 1 aromatic heterocycles. The number of benzene rings is 3. The van der Waals surface area contributed by atoms with Gasteiger partial charge in [0.1, 0.15) is 17.4 Å². The second-order valence-electron chi connectivity index (χ2n) is 6.35. The predicted octanol–water partition coefficient (Wildman–Crippen LogP) is 5.20. The normalized spacial score (nSPS) is 10.7. The van der Waals surface area contributed by atoms with Crippen molar-refractivity contribution in [1.82, 2.24) is 4.98 Å². The Labute approximate surface area is 165 Å². The molecule has 1 N–H and O–H groups in total. The molecule has 144 valence electrons. The van der Waals surface area contributed by atoms with Crippen molar-refractivity contribution in [2.75, 3.05) is 11.9 Å². The third-order valence-electron chi connectivity index (χ3n) is 4.31. The number of carbonyl (C=O) groups is 1. The number of halogens is 2. The van der Waals surface area contributed by atoms with Crippen molar-refractivity contribution in [2.45, 2.75) is 0 Å². The van der Waals surface area contributed by atoms with Crippen LogP contribution >= 0.6 is 0 Å². The van der Waals surface area contributed by atoms with E-state index in [9.17, 15) is 13.6 Å². The number of carbonyl (C=O) groups excluding carboxylic acids is 1. The molecule has 0 fully saturated rings. The van der Waals surface area contributed by atoms with Crippen LogP contribution in [0.4, 0.5) is 14.5 Å². The highest BCUT2D eigenvalue weighted by atomic mass is 19.1. The summed E-state index contributed by atoms with van der Waals surface area (Å²) in [6, 6.07) is 21.2. The number of amides is 1. The minimum Gasteiger partial charge on any atom is -0.483 e. The van der Waals surface area contributed by atoms with Gasteiger partial charge in [-0.1, -0.05) is 42.5 Å². The molecule has 3 aromatic carbocycles. The van der Waals surface area contributed by atoms with Crippen molar-refractivity contribution >= 4 is 22.5 Å². The quantitative estimate of drug-likeness (QED) is 0.510. The molecule has 0 bridgehead atoms. The largest absolute Gasteiger partial charge is 0.483 e. The van der Waals surface area contributed by atoms with Gasteiger partial charge in [-0.15, -0.1) is 0 Å². The summed E-state index contributed by atoms with van der Waals surface area (Å²) in [5.41, 5.74) is 2.10. The third kappa shape index (κ3) is 4.21. The molecule has 1 amide bonds. The smallest absolute Gasteiger partial charge is 0.262 e. The molecule has 1 heterocycles. The summed E-state index contributed by atoms with van der Waals surface area (Å²) >= 11 is 0. The lowest BCUT2D eigenvalue weighted by molar-refractivity contribution is -0.118. The number of nitrogens with zero attached hydrogens (tertiary/aromatic N) is 1. The monoisotopic (exact) mass is 390 g/mol. The number of ether oxygens (including phenoxy) is 1. The third-order valence-corrected chi connectivity index (χ3v) is 4.31. The van der Waals surface area contributed by atoms with Crippen molar-refractivity contribution in [3.63, 3.8) is 0 Å². The number of hydrogen-bond acceptors (Lipinski definition) is 3. The van der Waals surface area contributed by atoms with E-state index in [0.29, 0.717) is 22.3 Å². The molecular weight excluding hydrogens is 374 g/mol. The first kappa shape index (κ1) is 18.6. The fourth-order valence-electron chi connectivity index (χ4n) is 2.94. The average Bonchev–Trinajstić information content (AvgIpc) is 2.74. The van der Waals surface area contributed by atoms with E-state index in [1.165, 1.54) is 30.3 Å². The molecule has 4 aromatic rings. The van der Waals surface area contributed by atoms with Crippen molar-refractivity contribution in [3.8, 4) is 17.0 Å². The second kappa shape index (κ2) is 8.06. The molecular formula is C23H16F2N2O2. The molecule has 0 spiro atoms. The van der Waals surface area contributed by atoms with Crippen molar-refractivity contribution in [1.29, 1.82) is 0 Å². The number of hydrogen-bond donors (Lipinski definition) is 1. The Hall–Kier alpha value is -3.80. The van der Waals surface area contributed by atoms with Crippen LogP contribution in [0.2, 0.25) is 0 Å². The fraction of sp³-hybridized carbons (Fsp3) is 0.0435. The summed E-state index contributed by atoms with van der Waals surface area (Å²) in [6.45, 7) is -0.363. The van der Waals surface area contributed by atoms with Gasteiger partial charge in [0.2, 0.25) is 0 Å². The molecule has 0 saturated heterocycles. The van der Waals surface area contributed by atoms with E-state index in [0.717, 1.165) is 5.56 Å². The molecule has 0 saturated carbocycles. The minimum absolute atomic E-state index is 0.0664. The maximum Gasteiger partial charge on any atom is 0.262 e. The highest BCUT2D eigenvalue weighted by molar-refractivity contribution is 5.93. The van der Waals surface area contributed by atoms with Gasteiger partial charge in [0.15, 0.2) is 6.61 Å². The van der Waals surface area contributed by atoms with Crippen LogP contribution in [-0.2, 0) is 4.79 Å². The molecule has 29 heavy (non-hydrogen) atoms. The Kier molecular flexibility index (Phi) is 5.16. The van der Waals surface area contributed by atoms with Crippen LogP contribution in [0.3, 0.4) is 0 Å². The van der Waals surface area contributed by atoms with Gasteiger partial charge >= 0.3 is 0 Å². The SMILES string of the molecule is O=C(COc1cc(-c2ccccc2)nc2ccc(F)cc12)Nc1ccccc1F. The maximum atomic E-state index is 13.8. The Morgan fingerprint density at radius 2 is 1.69 bits per heavy atom. The van der Waals surface area contributed by atoms with Crippen molar-refractivity contribution in [3.05, 3.63) is 90.5 Å². The molecule has 6 heteroatoms. The summed E-state index contributed by atoms with van der Waals surface area (Å²) in [7, 11) is 0. The van der Waals surface area contributed by atoms with E-state index in [1.54, 1.807) is 18.2 Å². The van der Waals surface area contributed by atoms with Gasteiger partial charge in [-0.05, 0) is 30.3 Å². The zero-order valence-corrected chi connectivity index (χ0v) is 15.2. The zero-order chi connectivity index (χ0) is 20.2. The molecule has 4 rings (SSSR count). The van der Waals surface area contributed by atoms with Crippen LogP contribution in [0.25, 0.3) is 22.2 Å². The summed E-state index contributed by atoms with van der Waals surface area (Å²) in [5, 5.41) is 2.91. The Morgan fingerprint density at radius 1 is 0.931 bits per heavy atom. The van der Waals surface area contributed by atoms with E-state index < -0.39 is 17.5 Å². The second-order valence-corrected chi connectivity index (χ2v) is 6.35. The van der Waals surface area contributed by atoms with E-state index in [4.69, 9.17) is 4.74 Å². The number of rotatable bonds is 5. The van der Waals surface area contributed by atoms with Crippen LogP contribution in [-0.4, -0.2) is 17.5 Å². The number of aromatic nitrogens is 1. The Morgan fingerprint density at radius 3 is 2.48 bits per heavy atom. The Bertz CT molecular complexity index is 1180. The molecule has 0 atom stereocenters. The highest BCUT2D eigenvalue weighted by Gasteiger charge is 2.12. The summed E-state index contributed by atoms with van der Waals surface area (Å²) < 4.78 is 33.1. The lowest BCUT2D eigenvalue weighted by atomic mass is 10.1. The van der Waals surface area contributed by atoms with Crippen LogP contribution in [0, 0.1) is 11.6 Å². The van der Waals surface area contributed by atoms with Gasteiger partial charge in [0.25, 0.3) is 5.91 Å². The summed E-state index contributed by atoms with van der Waals surface area (Å²) in [5.74, 6) is -1.19. The first-order chi connectivity index (χ1) is 14.1. The number of para-hydroxylation sites is 1. The average molecular weight is 390 g/mol. The van der Waals surface area contributed by atoms with Gasteiger partial charge in [0, 0.05) is 17.0 Å². The van der Waals surface area contributed by atoms with Crippen LogP contribution < -0.4 is 10.1 Å². The van der Waals surface area contributed by atoms with Crippen LogP contribution in [0.5, 0.6) is 5.75 Å². The molecule has 0 unspecified atom stereocenters. The van der Waals surface area contributed by atoms with Crippen molar-refractivity contribution in [2.24, 2.45) is 0 Å². The number of pyridine rings is 1. The van der Waals surface area contributed by atoms with Gasteiger partial charge < -0.3 is 10.1 Å². The standard InChI is InChI=1S/C23H16F2N2O2/c24-16-10-11-19-17(12-16)22(13-21(26-19)15-6-2-1-3-7-15)29-14-23(28)27-20-9-5-4-8-18(20)25/h1-13H,14H2,(H,27,28). The van der Waals surface area contributed by atoms with E-state index in [2.05, 4.69) is 10.3 Å². The summed E-state index contributed by atoms with van der Waals surface area (Å²) in [6.07, 6.45) is 0. The first-order valence-corrected chi connectivity index (χ1v) is 8.93. The van der Waals surface area contributed by atoms with Gasteiger partial charge in [-0.25, -0.2) is 13.8 Å². The van der Waals surface area contributed by atoms with Crippen molar-refractivity contribution < 1.29 is 18.3 Å². The molecule has 4 nitrogen and oxygen atoms in total. The van der Waals surface area contributed by atoms with E-state index in [1.807, 2.05) is 30.3 Å². The molecule has 0 aliphatic heterocycles. The number of fused-ring (bicyclic) bond motifs is 1. The van der Waals surface area contributed by atoms with Gasteiger partial charge in [-0.2, -0.15) is 0 Å².